The third-order valence-electron chi connectivity index (χ3n) is 11.8. The van der Waals surface area contributed by atoms with Crippen LogP contribution in [0.4, 0.5) is 0 Å². The summed E-state index contributed by atoms with van der Waals surface area (Å²) in [7, 11) is 0. The monoisotopic (exact) mass is 868 g/mol. The molecule has 0 aliphatic rings. The van der Waals surface area contributed by atoms with Gasteiger partial charge in [0.1, 0.15) is 0 Å². The van der Waals surface area contributed by atoms with Crippen molar-refractivity contribution in [1.82, 2.24) is 0 Å². The first-order valence-electron chi connectivity index (χ1n) is 23.2. The van der Waals surface area contributed by atoms with E-state index in [1.807, 2.05) is 24.3 Å². The average Bonchev–Trinajstić information content (AvgIpc) is 3.43. The van der Waals surface area contributed by atoms with E-state index in [9.17, 15) is 0 Å². The highest BCUT2D eigenvalue weighted by Crippen LogP contribution is 2.37. The second-order valence-electron chi connectivity index (χ2n) is 16.5. The van der Waals surface area contributed by atoms with Gasteiger partial charge in [0.2, 0.25) is 0 Å². The molecule has 0 amide bonds. The van der Waals surface area contributed by atoms with Crippen LogP contribution in [0.1, 0.15) is 44.5 Å². The van der Waals surface area contributed by atoms with Crippen LogP contribution < -0.4 is 0 Å². The van der Waals surface area contributed by atoms with Gasteiger partial charge in [0.15, 0.2) is 0 Å². The first-order valence-corrected chi connectivity index (χ1v) is 23.2. The molecule has 10 aromatic rings. The van der Waals surface area contributed by atoms with Crippen LogP contribution in [-0.4, -0.2) is 0 Å². The van der Waals surface area contributed by atoms with E-state index in [-0.39, 0.29) is 0 Å². The van der Waals surface area contributed by atoms with Gasteiger partial charge in [-0.25, -0.2) is 0 Å². The van der Waals surface area contributed by atoms with E-state index in [0.29, 0.717) is 0 Å². The third-order valence-corrected chi connectivity index (χ3v) is 11.8. The Morgan fingerprint density at radius 3 is 0.500 bits per heavy atom. The molecule has 10 aromatic carbocycles. The molecule has 0 nitrogen and oxygen atoms in total. The van der Waals surface area contributed by atoms with Crippen molar-refractivity contribution in [3.63, 3.8) is 0 Å². The Balaban J connectivity index is 0.000000170. The minimum Gasteiger partial charge on any atom is -0.0622 e. The van der Waals surface area contributed by atoms with Gasteiger partial charge in [0.25, 0.3) is 0 Å². The normalized spacial score (nSPS) is 11.3. The average molecular weight is 869 g/mol. The Hall–Kier alpha value is -8.84. The SMILES string of the molecule is C(=C\c1cc(-c2ccccc2)c(/C=C/c2ccccc2)cc1-c1ccccc1)/c1ccccc1.C(=C\c1cc(-c2ccccc2)c(/C=C/c2ccccc2)cc1-c1ccccc1)/c1ccccc1. The minimum absolute atomic E-state index is 1.19. The maximum atomic E-state index is 2.32. The van der Waals surface area contributed by atoms with Gasteiger partial charge in [-0.2, -0.15) is 0 Å². The third kappa shape index (κ3) is 11.9. The number of benzene rings is 10. The van der Waals surface area contributed by atoms with Crippen LogP contribution in [0.15, 0.2) is 267 Å². The maximum Gasteiger partial charge on any atom is -0.0105 e. The lowest BCUT2D eigenvalue weighted by Gasteiger charge is -2.14. The van der Waals surface area contributed by atoms with E-state index in [2.05, 4.69) is 291 Å². The summed E-state index contributed by atoms with van der Waals surface area (Å²) in [6.07, 6.45) is 17.7. The van der Waals surface area contributed by atoms with Gasteiger partial charge in [0, 0.05) is 0 Å². The van der Waals surface area contributed by atoms with Crippen LogP contribution in [0.5, 0.6) is 0 Å². The van der Waals surface area contributed by atoms with Gasteiger partial charge in [-0.1, -0.05) is 291 Å². The summed E-state index contributed by atoms with van der Waals surface area (Å²) in [5.74, 6) is 0. The van der Waals surface area contributed by atoms with Crippen molar-refractivity contribution in [2.24, 2.45) is 0 Å². The lowest BCUT2D eigenvalue weighted by atomic mass is 9.90. The molecule has 0 saturated heterocycles. The van der Waals surface area contributed by atoms with Gasteiger partial charge in [0.05, 0.1) is 0 Å². The fraction of sp³-hybridized carbons (Fsp3) is 0. The highest BCUT2D eigenvalue weighted by Gasteiger charge is 2.13. The van der Waals surface area contributed by atoms with E-state index in [1.54, 1.807) is 0 Å². The van der Waals surface area contributed by atoms with E-state index >= 15 is 0 Å². The summed E-state index contributed by atoms with van der Waals surface area (Å²) in [4.78, 5) is 0. The molecule has 0 aromatic heterocycles. The topological polar surface area (TPSA) is 0 Å². The van der Waals surface area contributed by atoms with Crippen LogP contribution in [0.3, 0.4) is 0 Å². The zero-order valence-electron chi connectivity index (χ0n) is 38.0. The Morgan fingerprint density at radius 1 is 0.162 bits per heavy atom. The van der Waals surface area contributed by atoms with Gasteiger partial charge in [-0.05, 0) is 113 Å². The molecule has 0 aliphatic heterocycles. The molecule has 324 valence electrons. The highest BCUT2D eigenvalue weighted by atomic mass is 14.2. The van der Waals surface area contributed by atoms with Gasteiger partial charge < -0.3 is 0 Å². The fourth-order valence-electron chi connectivity index (χ4n) is 8.29. The van der Waals surface area contributed by atoms with Crippen LogP contribution in [0.25, 0.3) is 93.1 Å². The summed E-state index contributed by atoms with van der Waals surface area (Å²) in [5.41, 5.74) is 19.3. The lowest BCUT2D eigenvalue weighted by Crippen LogP contribution is -1.91. The largest absolute Gasteiger partial charge is 0.0622 e. The molecule has 0 spiro atoms. The summed E-state index contributed by atoms with van der Waals surface area (Å²) < 4.78 is 0. The predicted octanol–water partition coefficient (Wildman–Crippen LogP) is 18.7. The van der Waals surface area contributed by atoms with Crippen LogP contribution in [-0.2, 0) is 0 Å². The predicted molar refractivity (Wildman–Crippen MR) is 296 cm³/mol. The Morgan fingerprint density at radius 2 is 0.324 bits per heavy atom. The fourth-order valence-corrected chi connectivity index (χ4v) is 8.29. The molecule has 0 heterocycles. The van der Waals surface area contributed by atoms with Crippen molar-refractivity contribution in [2.75, 3.05) is 0 Å². The molecule has 0 radical (unpaired) electrons. The first kappa shape index (κ1) is 44.4. The van der Waals surface area contributed by atoms with Gasteiger partial charge in [-0.3, -0.25) is 0 Å². The van der Waals surface area contributed by atoms with Crippen molar-refractivity contribution in [1.29, 1.82) is 0 Å². The Labute approximate surface area is 402 Å². The number of hydrogen-bond acceptors (Lipinski definition) is 0. The summed E-state index contributed by atoms with van der Waals surface area (Å²) in [6.45, 7) is 0. The van der Waals surface area contributed by atoms with Crippen LogP contribution in [0, 0.1) is 0 Å². The van der Waals surface area contributed by atoms with Crippen molar-refractivity contribution < 1.29 is 0 Å². The molecule has 0 fully saturated rings. The summed E-state index contributed by atoms with van der Waals surface area (Å²) in [6, 6.07) is 93.7. The summed E-state index contributed by atoms with van der Waals surface area (Å²) in [5, 5.41) is 0. The Bertz CT molecular complexity index is 2790. The number of hydrogen-bond donors (Lipinski definition) is 0. The molecular formula is C68H52. The minimum atomic E-state index is 1.19. The molecule has 0 N–H and O–H groups in total. The highest BCUT2D eigenvalue weighted by molar-refractivity contribution is 5.92. The zero-order valence-corrected chi connectivity index (χ0v) is 38.0. The molecular weight excluding hydrogens is 817 g/mol. The number of rotatable bonds is 12. The molecule has 0 atom stereocenters. The van der Waals surface area contributed by atoms with E-state index in [0.717, 1.165) is 0 Å². The van der Waals surface area contributed by atoms with E-state index in [1.165, 1.54) is 89.0 Å². The molecule has 68 heavy (non-hydrogen) atoms. The van der Waals surface area contributed by atoms with E-state index in [4.69, 9.17) is 0 Å². The van der Waals surface area contributed by atoms with E-state index < -0.39 is 0 Å². The second-order valence-corrected chi connectivity index (χ2v) is 16.5. The summed E-state index contributed by atoms with van der Waals surface area (Å²) >= 11 is 0. The molecule has 0 saturated carbocycles. The molecule has 0 unspecified atom stereocenters. The molecule has 0 heteroatoms. The van der Waals surface area contributed by atoms with Crippen LogP contribution in [0.2, 0.25) is 0 Å². The van der Waals surface area contributed by atoms with Crippen LogP contribution >= 0.6 is 0 Å². The van der Waals surface area contributed by atoms with Gasteiger partial charge >= 0.3 is 0 Å². The second kappa shape index (κ2) is 22.9. The first-order chi connectivity index (χ1) is 33.7. The molecule has 10 rings (SSSR count). The van der Waals surface area contributed by atoms with Gasteiger partial charge in [-0.15, -0.1) is 0 Å². The lowest BCUT2D eigenvalue weighted by molar-refractivity contribution is 1.54. The maximum absolute atomic E-state index is 2.32. The van der Waals surface area contributed by atoms with Crippen molar-refractivity contribution in [3.8, 4) is 44.5 Å². The quantitative estimate of drug-likeness (QED) is 0.107. The van der Waals surface area contributed by atoms with Crippen molar-refractivity contribution in [3.05, 3.63) is 311 Å². The van der Waals surface area contributed by atoms with Crippen molar-refractivity contribution in [2.45, 2.75) is 0 Å². The smallest absolute Gasteiger partial charge is 0.0105 e. The standard InChI is InChI=1S/2C34H26/c2*1-5-13-27(14-6-1)21-23-31-25-34(30-19-11-4-12-20-30)32(24-22-28-15-7-2-8-16-28)26-33(31)29-17-9-3-10-18-29/h2*1-26H/b2*23-21+,24-22+. The molecule has 0 aliphatic carbocycles. The molecule has 0 bridgehead atoms. The van der Waals surface area contributed by atoms with Crippen molar-refractivity contribution >= 4 is 48.6 Å². The Kier molecular flexibility index (Phi) is 14.9. The zero-order chi connectivity index (χ0) is 46.0.